The van der Waals surface area contributed by atoms with E-state index in [1.54, 1.807) is 12.1 Å². The average molecular weight is 378 g/mol. The lowest BCUT2D eigenvalue weighted by molar-refractivity contribution is -0.605. The highest BCUT2D eigenvalue weighted by molar-refractivity contribution is 7.89. The molecule has 9 heteroatoms. The van der Waals surface area contributed by atoms with Gasteiger partial charge < -0.3 is 14.7 Å². The standard InChI is InChI=1S/C17H18N2O6S/c20-17(15-4-6-18(21)7-5-15)25-13-14-2-1-3-16(12-14)26(22,23)19-8-10-24-11-9-19/h1-7,12H,8-11,13H2. The zero-order valence-corrected chi connectivity index (χ0v) is 14.7. The van der Waals surface area contributed by atoms with Crippen molar-refractivity contribution in [3.05, 3.63) is 65.1 Å². The minimum absolute atomic E-state index is 0.0719. The van der Waals surface area contributed by atoms with Gasteiger partial charge in [-0.25, -0.2) is 13.2 Å². The molecule has 1 aromatic heterocycles. The predicted molar refractivity (Wildman–Crippen MR) is 90.5 cm³/mol. The Balaban J connectivity index is 1.69. The van der Waals surface area contributed by atoms with Crippen LogP contribution < -0.4 is 4.73 Å². The lowest BCUT2D eigenvalue weighted by atomic mass is 10.2. The van der Waals surface area contributed by atoms with Crippen molar-refractivity contribution in [2.45, 2.75) is 11.5 Å². The third-order valence-electron chi connectivity index (χ3n) is 3.91. The van der Waals surface area contributed by atoms with Crippen LogP contribution in [0.5, 0.6) is 0 Å². The summed E-state index contributed by atoms with van der Waals surface area (Å²) in [5.41, 5.74) is 0.802. The monoisotopic (exact) mass is 378 g/mol. The predicted octanol–water partition coefficient (Wildman–Crippen LogP) is 0.698. The third-order valence-corrected chi connectivity index (χ3v) is 5.81. The first kappa shape index (κ1) is 18.3. The fourth-order valence-corrected chi connectivity index (χ4v) is 3.99. The van der Waals surface area contributed by atoms with Gasteiger partial charge in [0.1, 0.15) is 6.61 Å². The van der Waals surface area contributed by atoms with Crippen LogP contribution in [0.2, 0.25) is 0 Å². The number of carbonyl (C=O) groups is 1. The average Bonchev–Trinajstić information content (AvgIpc) is 2.67. The van der Waals surface area contributed by atoms with Crippen LogP contribution in [-0.2, 0) is 26.1 Å². The van der Waals surface area contributed by atoms with Gasteiger partial charge in [0, 0.05) is 25.2 Å². The number of aromatic nitrogens is 1. The maximum atomic E-state index is 12.7. The molecule has 1 fully saturated rings. The van der Waals surface area contributed by atoms with Gasteiger partial charge in [-0.05, 0) is 17.7 Å². The number of morpholine rings is 1. The number of benzene rings is 1. The second-order valence-electron chi connectivity index (χ2n) is 5.69. The smallest absolute Gasteiger partial charge is 0.338 e. The highest BCUT2D eigenvalue weighted by Crippen LogP contribution is 2.19. The van der Waals surface area contributed by atoms with Gasteiger partial charge in [0.25, 0.3) is 0 Å². The molecule has 0 radical (unpaired) electrons. The summed E-state index contributed by atoms with van der Waals surface area (Å²) >= 11 is 0. The van der Waals surface area contributed by atoms with Crippen molar-refractivity contribution < 1.29 is 27.4 Å². The molecule has 0 spiro atoms. The number of esters is 1. The van der Waals surface area contributed by atoms with E-state index in [1.807, 2.05) is 0 Å². The van der Waals surface area contributed by atoms with E-state index in [0.29, 0.717) is 36.6 Å². The summed E-state index contributed by atoms with van der Waals surface area (Å²) in [5, 5.41) is 11.0. The Kier molecular flexibility index (Phi) is 5.50. The molecule has 0 aliphatic carbocycles. The van der Waals surface area contributed by atoms with Crippen LogP contribution in [0, 0.1) is 5.21 Å². The highest BCUT2D eigenvalue weighted by atomic mass is 32.2. The fourth-order valence-electron chi connectivity index (χ4n) is 2.51. The summed E-state index contributed by atoms with van der Waals surface area (Å²) in [6.45, 7) is 1.30. The molecule has 3 rings (SSSR count). The molecular formula is C17H18N2O6S. The van der Waals surface area contributed by atoms with Crippen LogP contribution in [0.25, 0.3) is 0 Å². The molecule has 0 unspecified atom stereocenters. The Morgan fingerprint density at radius 1 is 1.19 bits per heavy atom. The Labute approximate surface area is 151 Å². The summed E-state index contributed by atoms with van der Waals surface area (Å²) in [6, 6.07) is 9.01. The maximum absolute atomic E-state index is 12.7. The zero-order valence-electron chi connectivity index (χ0n) is 13.9. The van der Waals surface area contributed by atoms with Crippen LogP contribution in [0.15, 0.2) is 53.7 Å². The van der Waals surface area contributed by atoms with Gasteiger partial charge in [-0.1, -0.05) is 12.1 Å². The second-order valence-corrected chi connectivity index (χ2v) is 7.62. The largest absolute Gasteiger partial charge is 0.619 e. The third kappa shape index (κ3) is 4.18. The lowest BCUT2D eigenvalue weighted by Gasteiger charge is -2.26. The first-order chi connectivity index (χ1) is 12.5. The van der Waals surface area contributed by atoms with Crippen molar-refractivity contribution in [3.63, 3.8) is 0 Å². The molecule has 2 aromatic rings. The van der Waals surface area contributed by atoms with Crippen molar-refractivity contribution in [3.8, 4) is 0 Å². The summed E-state index contributed by atoms with van der Waals surface area (Å²) in [6.07, 6.45) is 2.40. The van der Waals surface area contributed by atoms with E-state index in [2.05, 4.69) is 0 Å². The van der Waals surface area contributed by atoms with Gasteiger partial charge in [-0.2, -0.15) is 9.04 Å². The quantitative estimate of drug-likeness (QED) is 0.431. The van der Waals surface area contributed by atoms with E-state index in [1.165, 1.54) is 41.0 Å². The van der Waals surface area contributed by atoms with Gasteiger partial charge in [-0.3, -0.25) is 0 Å². The van der Waals surface area contributed by atoms with Crippen LogP contribution in [0.4, 0.5) is 0 Å². The van der Waals surface area contributed by atoms with Crippen LogP contribution in [-0.4, -0.2) is 45.0 Å². The number of pyridine rings is 1. The van der Waals surface area contributed by atoms with E-state index >= 15 is 0 Å². The van der Waals surface area contributed by atoms with Gasteiger partial charge in [0.2, 0.25) is 10.0 Å². The molecule has 1 saturated heterocycles. The van der Waals surface area contributed by atoms with Crippen molar-refractivity contribution in [1.82, 2.24) is 4.31 Å². The second kappa shape index (κ2) is 7.81. The molecule has 26 heavy (non-hydrogen) atoms. The van der Waals surface area contributed by atoms with Gasteiger partial charge in [0.05, 0.1) is 23.7 Å². The number of hydrogen-bond donors (Lipinski definition) is 0. The first-order valence-electron chi connectivity index (χ1n) is 7.99. The summed E-state index contributed by atoms with van der Waals surface area (Å²) in [4.78, 5) is 12.1. The van der Waals surface area contributed by atoms with E-state index in [-0.39, 0.29) is 17.1 Å². The number of rotatable bonds is 5. The van der Waals surface area contributed by atoms with Crippen molar-refractivity contribution in [2.24, 2.45) is 0 Å². The molecule has 0 amide bonds. The highest BCUT2D eigenvalue weighted by Gasteiger charge is 2.26. The zero-order chi connectivity index (χ0) is 18.6. The van der Waals surface area contributed by atoms with Crippen molar-refractivity contribution in [2.75, 3.05) is 26.3 Å². The Morgan fingerprint density at radius 3 is 2.58 bits per heavy atom. The number of ether oxygens (including phenoxy) is 2. The Morgan fingerprint density at radius 2 is 1.88 bits per heavy atom. The molecule has 0 atom stereocenters. The minimum Gasteiger partial charge on any atom is -0.619 e. The van der Waals surface area contributed by atoms with Gasteiger partial charge in [-0.15, -0.1) is 0 Å². The molecule has 1 aliphatic rings. The number of carbonyl (C=O) groups excluding carboxylic acids is 1. The van der Waals surface area contributed by atoms with E-state index in [4.69, 9.17) is 9.47 Å². The van der Waals surface area contributed by atoms with Crippen molar-refractivity contribution >= 4 is 16.0 Å². The number of nitrogens with zero attached hydrogens (tertiary/aromatic N) is 2. The SMILES string of the molecule is O=C(OCc1cccc(S(=O)(=O)N2CCOCC2)c1)c1cc[n+]([O-])cc1. The number of hydrogen-bond acceptors (Lipinski definition) is 6. The fraction of sp³-hybridized carbons (Fsp3) is 0.294. The van der Waals surface area contributed by atoms with E-state index in [0.717, 1.165) is 0 Å². The number of sulfonamides is 1. The topological polar surface area (TPSA) is 99.9 Å². The van der Waals surface area contributed by atoms with Crippen LogP contribution in [0.3, 0.4) is 0 Å². The molecule has 8 nitrogen and oxygen atoms in total. The van der Waals surface area contributed by atoms with Gasteiger partial charge >= 0.3 is 5.97 Å². The Bertz CT molecular complexity index is 876. The molecule has 1 aromatic carbocycles. The summed E-state index contributed by atoms with van der Waals surface area (Å²) in [5.74, 6) is -0.591. The lowest BCUT2D eigenvalue weighted by Crippen LogP contribution is -2.40. The molecule has 1 aliphatic heterocycles. The van der Waals surface area contributed by atoms with Gasteiger partial charge in [0.15, 0.2) is 12.4 Å². The molecule has 138 valence electrons. The van der Waals surface area contributed by atoms with Crippen LogP contribution >= 0.6 is 0 Å². The molecule has 0 saturated carbocycles. The normalized spacial score (nSPS) is 15.5. The molecule has 0 N–H and O–H groups in total. The first-order valence-corrected chi connectivity index (χ1v) is 9.43. The minimum atomic E-state index is -3.60. The van der Waals surface area contributed by atoms with E-state index < -0.39 is 16.0 Å². The maximum Gasteiger partial charge on any atom is 0.338 e. The van der Waals surface area contributed by atoms with E-state index in [9.17, 15) is 18.4 Å². The molecule has 0 bridgehead atoms. The van der Waals surface area contributed by atoms with Crippen molar-refractivity contribution in [1.29, 1.82) is 0 Å². The summed E-state index contributed by atoms with van der Waals surface area (Å²) < 4.78 is 37.6. The molecular weight excluding hydrogens is 360 g/mol. The summed E-state index contributed by atoms with van der Waals surface area (Å²) in [7, 11) is -3.60. The Hall–Kier alpha value is -2.49. The molecule has 2 heterocycles. The van der Waals surface area contributed by atoms with Crippen LogP contribution in [0.1, 0.15) is 15.9 Å².